The molecule has 0 unspecified atom stereocenters. The quantitative estimate of drug-likeness (QED) is 0.719. The summed E-state index contributed by atoms with van der Waals surface area (Å²) in [4.78, 5) is 24.2. The van der Waals surface area contributed by atoms with Gasteiger partial charge in [0.2, 0.25) is 21.8 Å². The van der Waals surface area contributed by atoms with Crippen LogP contribution in [0.3, 0.4) is 0 Å². The average Bonchev–Trinajstić information content (AvgIpc) is 2.79. The van der Waals surface area contributed by atoms with Crippen LogP contribution in [-0.2, 0) is 32.5 Å². The molecule has 0 aromatic heterocycles. The minimum absolute atomic E-state index is 0.00231. The Balaban J connectivity index is 1.31. The zero-order chi connectivity index (χ0) is 21.8. The third-order valence-electron chi connectivity index (χ3n) is 5.99. The predicted molar refractivity (Wildman–Crippen MR) is 118 cm³/mol. The maximum absolute atomic E-state index is 13.1. The van der Waals surface area contributed by atoms with Gasteiger partial charge in [-0.05, 0) is 55.0 Å². The first-order valence-corrected chi connectivity index (χ1v) is 12.1. The number of benzene rings is 2. The first kappa shape index (κ1) is 21.5. The second-order valence-electron chi connectivity index (χ2n) is 8.07. The van der Waals surface area contributed by atoms with E-state index >= 15 is 0 Å². The van der Waals surface area contributed by atoms with E-state index in [2.05, 4.69) is 10.6 Å². The number of nitrogens with one attached hydrogen (secondary N) is 2. The van der Waals surface area contributed by atoms with Crippen LogP contribution in [-0.4, -0.2) is 44.2 Å². The molecule has 0 aliphatic carbocycles. The molecule has 0 bridgehead atoms. The lowest BCUT2D eigenvalue weighted by molar-refractivity contribution is -0.126. The Morgan fingerprint density at radius 3 is 2.55 bits per heavy atom. The molecule has 0 radical (unpaired) electrons. The largest absolute Gasteiger partial charge is 0.356 e. The third-order valence-corrected chi connectivity index (χ3v) is 7.89. The van der Waals surface area contributed by atoms with Crippen molar-refractivity contribution in [3.63, 3.8) is 0 Å². The van der Waals surface area contributed by atoms with Gasteiger partial charge in [-0.3, -0.25) is 9.59 Å². The molecule has 1 saturated heterocycles. The van der Waals surface area contributed by atoms with E-state index in [1.807, 2.05) is 30.3 Å². The predicted octanol–water partition coefficient (Wildman–Crippen LogP) is 2.33. The first-order valence-electron chi connectivity index (χ1n) is 10.7. The highest BCUT2D eigenvalue weighted by molar-refractivity contribution is 7.89. The molecule has 0 atom stereocenters. The third kappa shape index (κ3) is 4.97. The van der Waals surface area contributed by atoms with Gasteiger partial charge in [0.25, 0.3) is 0 Å². The Hall–Kier alpha value is -2.71. The lowest BCUT2D eigenvalue weighted by atomic mass is 9.97. The summed E-state index contributed by atoms with van der Waals surface area (Å²) < 4.78 is 27.6. The van der Waals surface area contributed by atoms with E-state index in [1.165, 1.54) is 9.87 Å². The van der Waals surface area contributed by atoms with Crippen LogP contribution >= 0.6 is 0 Å². The van der Waals surface area contributed by atoms with E-state index in [4.69, 9.17) is 0 Å². The van der Waals surface area contributed by atoms with Gasteiger partial charge in [0.05, 0.1) is 4.90 Å². The van der Waals surface area contributed by atoms with Crippen molar-refractivity contribution in [1.82, 2.24) is 9.62 Å². The number of piperidine rings is 1. The number of nitrogens with zero attached hydrogens (tertiary/aromatic N) is 1. The Bertz CT molecular complexity index is 1060. The second kappa shape index (κ2) is 9.20. The fourth-order valence-corrected chi connectivity index (χ4v) is 5.67. The standard InChI is InChI=1S/C23H27N3O4S/c27-22-9-6-19-16-20(7-8-21(19)25-22)31(29,30)26-14-11-18(12-15-26)23(28)24-13-10-17-4-2-1-3-5-17/h1-5,7-8,16,18H,6,9-15H2,(H,24,28)(H,25,27). The minimum Gasteiger partial charge on any atom is -0.356 e. The number of carbonyl (C=O) groups excluding carboxylic acids is 2. The van der Waals surface area contributed by atoms with Crippen LogP contribution in [0.1, 0.15) is 30.4 Å². The fraction of sp³-hybridized carbons (Fsp3) is 0.391. The van der Waals surface area contributed by atoms with E-state index in [0.29, 0.717) is 51.0 Å². The normalized spacial score (nSPS) is 17.6. The van der Waals surface area contributed by atoms with Crippen molar-refractivity contribution in [2.24, 2.45) is 5.92 Å². The van der Waals surface area contributed by atoms with E-state index in [9.17, 15) is 18.0 Å². The van der Waals surface area contributed by atoms with Gasteiger partial charge < -0.3 is 10.6 Å². The zero-order valence-corrected chi connectivity index (χ0v) is 18.2. The maximum atomic E-state index is 13.1. The molecule has 2 amide bonds. The molecule has 31 heavy (non-hydrogen) atoms. The molecule has 0 spiro atoms. The summed E-state index contributed by atoms with van der Waals surface area (Å²) in [6.45, 7) is 1.23. The highest BCUT2D eigenvalue weighted by atomic mass is 32.2. The molecule has 164 valence electrons. The van der Waals surface area contributed by atoms with Gasteiger partial charge in [0.15, 0.2) is 0 Å². The number of anilines is 1. The Kier molecular flexibility index (Phi) is 6.38. The summed E-state index contributed by atoms with van der Waals surface area (Å²) >= 11 is 0. The molecule has 4 rings (SSSR count). The molecule has 2 aromatic carbocycles. The summed E-state index contributed by atoms with van der Waals surface area (Å²) in [7, 11) is -3.62. The summed E-state index contributed by atoms with van der Waals surface area (Å²) in [5, 5.41) is 5.75. The average molecular weight is 442 g/mol. The molecule has 2 aliphatic heterocycles. The molecule has 0 saturated carbocycles. The molecule has 1 fully saturated rings. The summed E-state index contributed by atoms with van der Waals surface area (Å²) in [6.07, 6.45) is 2.70. The summed E-state index contributed by atoms with van der Waals surface area (Å²) in [5.41, 5.74) is 2.70. The van der Waals surface area contributed by atoms with Crippen LogP contribution < -0.4 is 10.6 Å². The molecular formula is C23H27N3O4S. The zero-order valence-electron chi connectivity index (χ0n) is 17.3. The van der Waals surface area contributed by atoms with Crippen molar-refractivity contribution in [3.05, 3.63) is 59.7 Å². The van der Waals surface area contributed by atoms with Crippen molar-refractivity contribution in [2.75, 3.05) is 25.0 Å². The first-order chi connectivity index (χ1) is 14.9. The molecular weight excluding hydrogens is 414 g/mol. The Morgan fingerprint density at radius 2 is 1.81 bits per heavy atom. The van der Waals surface area contributed by atoms with Gasteiger partial charge in [0.1, 0.15) is 0 Å². The second-order valence-corrected chi connectivity index (χ2v) is 10.0. The van der Waals surface area contributed by atoms with E-state index < -0.39 is 10.0 Å². The van der Waals surface area contributed by atoms with Crippen molar-refractivity contribution < 1.29 is 18.0 Å². The fourth-order valence-electron chi connectivity index (χ4n) is 4.15. The van der Waals surface area contributed by atoms with Crippen LogP contribution in [0.25, 0.3) is 0 Å². The molecule has 7 nitrogen and oxygen atoms in total. The lowest BCUT2D eigenvalue weighted by Crippen LogP contribution is -2.43. The number of sulfonamides is 1. The van der Waals surface area contributed by atoms with Crippen LogP contribution in [0.4, 0.5) is 5.69 Å². The van der Waals surface area contributed by atoms with E-state index in [0.717, 1.165) is 12.0 Å². The van der Waals surface area contributed by atoms with Crippen LogP contribution in [0.2, 0.25) is 0 Å². The number of amides is 2. The summed E-state index contributed by atoms with van der Waals surface area (Å²) in [6, 6.07) is 14.8. The van der Waals surface area contributed by atoms with Crippen molar-refractivity contribution in [1.29, 1.82) is 0 Å². The maximum Gasteiger partial charge on any atom is 0.243 e. The van der Waals surface area contributed by atoms with Gasteiger partial charge >= 0.3 is 0 Å². The summed E-state index contributed by atoms with van der Waals surface area (Å²) in [5.74, 6) is -0.217. The van der Waals surface area contributed by atoms with Gasteiger partial charge in [-0.15, -0.1) is 0 Å². The van der Waals surface area contributed by atoms with Crippen LogP contribution in [0.5, 0.6) is 0 Å². The highest BCUT2D eigenvalue weighted by Crippen LogP contribution is 2.29. The highest BCUT2D eigenvalue weighted by Gasteiger charge is 2.32. The number of hydrogen-bond acceptors (Lipinski definition) is 4. The van der Waals surface area contributed by atoms with Crippen molar-refractivity contribution in [2.45, 2.75) is 37.0 Å². The number of rotatable bonds is 6. The molecule has 2 aromatic rings. The minimum atomic E-state index is -3.62. The van der Waals surface area contributed by atoms with Gasteiger partial charge in [-0.2, -0.15) is 4.31 Å². The topological polar surface area (TPSA) is 95.6 Å². The van der Waals surface area contributed by atoms with Crippen LogP contribution in [0.15, 0.2) is 53.4 Å². The molecule has 2 N–H and O–H groups in total. The Morgan fingerprint density at radius 1 is 1.06 bits per heavy atom. The van der Waals surface area contributed by atoms with Gasteiger partial charge in [-0.25, -0.2) is 8.42 Å². The SMILES string of the molecule is O=C1CCc2cc(S(=O)(=O)N3CCC(C(=O)NCCc4ccccc4)CC3)ccc2N1. The number of carbonyl (C=O) groups is 2. The van der Waals surface area contributed by atoms with E-state index in [-0.39, 0.29) is 22.6 Å². The number of hydrogen-bond donors (Lipinski definition) is 2. The lowest BCUT2D eigenvalue weighted by Gasteiger charge is -2.31. The van der Waals surface area contributed by atoms with Crippen LogP contribution in [0, 0.1) is 5.92 Å². The Labute approximate surface area is 182 Å². The van der Waals surface area contributed by atoms with Crippen molar-refractivity contribution >= 4 is 27.5 Å². The number of aryl methyl sites for hydroxylation is 1. The molecule has 2 aliphatic rings. The van der Waals surface area contributed by atoms with Gasteiger partial charge in [0, 0.05) is 37.7 Å². The van der Waals surface area contributed by atoms with E-state index in [1.54, 1.807) is 18.2 Å². The van der Waals surface area contributed by atoms with Crippen molar-refractivity contribution in [3.8, 4) is 0 Å². The monoisotopic (exact) mass is 441 g/mol. The smallest absolute Gasteiger partial charge is 0.243 e. The number of fused-ring (bicyclic) bond motifs is 1. The van der Waals surface area contributed by atoms with Gasteiger partial charge in [-0.1, -0.05) is 30.3 Å². The molecule has 8 heteroatoms. The molecule has 2 heterocycles.